The van der Waals surface area contributed by atoms with Crippen LogP contribution in [-0.2, 0) is 0 Å². The van der Waals surface area contributed by atoms with Gasteiger partial charge in [0, 0.05) is 18.7 Å². The number of benzene rings is 3. The molecule has 9 nitrogen and oxygen atoms in total. The molecule has 1 heterocycles. The number of ether oxygens (including phenoxy) is 1. The molecule has 190 valence electrons. The first kappa shape index (κ1) is 25.8. The van der Waals surface area contributed by atoms with Gasteiger partial charge in [0.15, 0.2) is 0 Å². The van der Waals surface area contributed by atoms with Gasteiger partial charge in [0.1, 0.15) is 11.6 Å². The van der Waals surface area contributed by atoms with Crippen molar-refractivity contribution in [3.63, 3.8) is 0 Å². The molecule has 0 fully saturated rings. The number of hydrogen-bond donors (Lipinski definition) is 0. The van der Waals surface area contributed by atoms with Crippen LogP contribution in [0.25, 0.3) is 16.6 Å². The molecular formula is C27H25ClN4O5. The Morgan fingerprint density at radius 2 is 1.84 bits per heavy atom. The largest absolute Gasteiger partial charge is 0.492 e. The highest BCUT2D eigenvalue weighted by Gasteiger charge is 2.29. The van der Waals surface area contributed by atoms with Crippen LogP contribution in [0, 0.1) is 10.1 Å². The molecule has 10 heteroatoms. The highest BCUT2D eigenvalue weighted by atomic mass is 35.5. The van der Waals surface area contributed by atoms with Crippen LogP contribution in [0.2, 0.25) is 5.02 Å². The van der Waals surface area contributed by atoms with Gasteiger partial charge in [-0.2, -0.15) is 0 Å². The van der Waals surface area contributed by atoms with E-state index in [2.05, 4.69) is 0 Å². The standard InChI is InChI=1S/C27H25ClN4O5/c1-4-30(26(33)19-15-14-18(32(35)36)16-21(19)28)17(3)25-29-22-11-7-6-10-20(22)27(34)31(25)23-12-8-9-13-24(23)37-5-2/h6-17H,4-5H2,1-3H3. The Balaban J connectivity index is 1.90. The number of non-ortho nitro benzene ring substituents is 1. The zero-order valence-electron chi connectivity index (χ0n) is 20.6. The van der Waals surface area contributed by atoms with Gasteiger partial charge in [-0.3, -0.25) is 24.3 Å². The molecule has 0 bridgehead atoms. The average molecular weight is 521 g/mol. The van der Waals surface area contributed by atoms with E-state index in [0.29, 0.717) is 34.8 Å². The molecule has 1 amide bonds. The van der Waals surface area contributed by atoms with E-state index < -0.39 is 16.9 Å². The van der Waals surface area contributed by atoms with Gasteiger partial charge in [0.05, 0.1) is 44.7 Å². The van der Waals surface area contributed by atoms with Crippen molar-refractivity contribution in [2.24, 2.45) is 0 Å². The van der Waals surface area contributed by atoms with E-state index in [4.69, 9.17) is 21.3 Å². The molecule has 1 aromatic heterocycles. The lowest BCUT2D eigenvalue weighted by atomic mass is 10.1. The number of nitro benzene ring substituents is 1. The lowest BCUT2D eigenvalue weighted by molar-refractivity contribution is -0.384. The molecule has 4 rings (SSSR count). The number of amides is 1. The number of carbonyl (C=O) groups excluding carboxylic acids is 1. The summed E-state index contributed by atoms with van der Waals surface area (Å²) in [7, 11) is 0. The molecule has 0 aliphatic carbocycles. The van der Waals surface area contributed by atoms with Gasteiger partial charge in [-0.05, 0) is 51.1 Å². The van der Waals surface area contributed by atoms with E-state index in [-0.39, 0.29) is 28.4 Å². The number of nitro groups is 1. The number of nitrogens with zero attached hydrogens (tertiary/aromatic N) is 4. The van der Waals surface area contributed by atoms with Gasteiger partial charge >= 0.3 is 0 Å². The summed E-state index contributed by atoms with van der Waals surface area (Å²) in [6.45, 7) is 6.09. The normalized spacial score (nSPS) is 11.8. The summed E-state index contributed by atoms with van der Waals surface area (Å²) in [4.78, 5) is 44.2. The highest BCUT2D eigenvalue weighted by molar-refractivity contribution is 6.34. The molecule has 0 N–H and O–H groups in total. The van der Waals surface area contributed by atoms with Crippen LogP contribution >= 0.6 is 11.6 Å². The molecule has 0 spiro atoms. The number of hydrogen-bond acceptors (Lipinski definition) is 6. The summed E-state index contributed by atoms with van der Waals surface area (Å²) in [6, 6.07) is 17.2. The highest BCUT2D eigenvalue weighted by Crippen LogP contribution is 2.30. The van der Waals surface area contributed by atoms with Gasteiger partial charge in [-0.1, -0.05) is 35.9 Å². The van der Waals surface area contributed by atoms with Crippen LogP contribution in [-0.4, -0.2) is 38.4 Å². The minimum atomic E-state index is -0.671. The molecule has 3 aromatic carbocycles. The summed E-state index contributed by atoms with van der Waals surface area (Å²) < 4.78 is 7.28. The van der Waals surface area contributed by atoms with E-state index in [1.54, 1.807) is 56.3 Å². The average Bonchev–Trinajstić information content (AvgIpc) is 2.89. The lowest BCUT2D eigenvalue weighted by Crippen LogP contribution is -2.37. The maximum atomic E-state index is 13.8. The fraction of sp³-hybridized carbons (Fsp3) is 0.222. The van der Waals surface area contributed by atoms with Crippen molar-refractivity contribution in [1.82, 2.24) is 14.5 Å². The molecule has 1 unspecified atom stereocenters. The van der Waals surface area contributed by atoms with Crippen molar-refractivity contribution in [2.75, 3.05) is 13.2 Å². The lowest BCUT2D eigenvalue weighted by Gasteiger charge is -2.30. The Morgan fingerprint density at radius 3 is 2.51 bits per heavy atom. The minimum Gasteiger partial charge on any atom is -0.492 e. The van der Waals surface area contributed by atoms with Crippen LogP contribution in [0.15, 0.2) is 71.5 Å². The van der Waals surface area contributed by atoms with Crippen molar-refractivity contribution in [2.45, 2.75) is 26.8 Å². The van der Waals surface area contributed by atoms with Crippen molar-refractivity contribution >= 4 is 34.1 Å². The Morgan fingerprint density at radius 1 is 1.14 bits per heavy atom. The number of para-hydroxylation sites is 3. The summed E-state index contributed by atoms with van der Waals surface area (Å²) in [5.74, 6) is 0.399. The molecule has 0 aliphatic heterocycles. The molecule has 0 aliphatic rings. The minimum absolute atomic E-state index is 0.0320. The van der Waals surface area contributed by atoms with E-state index in [9.17, 15) is 19.7 Å². The molecule has 0 radical (unpaired) electrons. The smallest absolute Gasteiger partial charge is 0.270 e. The van der Waals surface area contributed by atoms with Crippen molar-refractivity contribution in [3.8, 4) is 11.4 Å². The molecule has 4 aromatic rings. The van der Waals surface area contributed by atoms with Crippen molar-refractivity contribution in [1.29, 1.82) is 0 Å². The summed E-state index contributed by atoms with van der Waals surface area (Å²) in [5, 5.41) is 11.5. The zero-order chi connectivity index (χ0) is 26.7. The number of rotatable bonds is 8. The first-order valence-electron chi connectivity index (χ1n) is 11.8. The van der Waals surface area contributed by atoms with E-state index in [1.807, 2.05) is 13.0 Å². The number of fused-ring (bicyclic) bond motifs is 1. The Bertz CT molecular complexity index is 1550. The van der Waals surface area contributed by atoms with Crippen molar-refractivity contribution < 1.29 is 14.5 Å². The van der Waals surface area contributed by atoms with E-state index in [1.165, 1.54) is 21.6 Å². The molecule has 0 saturated heterocycles. The predicted molar refractivity (Wildman–Crippen MR) is 142 cm³/mol. The van der Waals surface area contributed by atoms with E-state index in [0.717, 1.165) is 6.07 Å². The first-order chi connectivity index (χ1) is 17.8. The summed E-state index contributed by atoms with van der Waals surface area (Å²) >= 11 is 6.27. The maximum absolute atomic E-state index is 13.8. The number of carbonyl (C=O) groups is 1. The van der Waals surface area contributed by atoms with Crippen LogP contribution in [0.3, 0.4) is 0 Å². The van der Waals surface area contributed by atoms with Crippen LogP contribution in [0.4, 0.5) is 5.69 Å². The van der Waals surface area contributed by atoms with Crippen LogP contribution < -0.4 is 10.3 Å². The summed E-state index contributed by atoms with van der Waals surface area (Å²) in [5.41, 5.74) is 0.611. The van der Waals surface area contributed by atoms with Gasteiger partial charge < -0.3 is 9.64 Å². The number of aromatic nitrogens is 2. The quantitative estimate of drug-likeness (QED) is 0.222. The third-order valence-electron chi connectivity index (χ3n) is 6.04. The molecule has 1 atom stereocenters. The number of halogens is 1. The topological polar surface area (TPSA) is 108 Å². The second-order valence-electron chi connectivity index (χ2n) is 8.22. The Hall–Kier alpha value is -4.24. The van der Waals surface area contributed by atoms with Gasteiger partial charge in [0.2, 0.25) is 0 Å². The van der Waals surface area contributed by atoms with Crippen LogP contribution in [0.5, 0.6) is 5.75 Å². The van der Waals surface area contributed by atoms with Crippen LogP contribution in [0.1, 0.15) is 43.0 Å². The van der Waals surface area contributed by atoms with Gasteiger partial charge in [-0.15, -0.1) is 0 Å². The zero-order valence-corrected chi connectivity index (χ0v) is 21.3. The Kier molecular flexibility index (Phi) is 7.54. The Labute approximate surface area is 218 Å². The summed E-state index contributed by atoms with van der Waals surface area (Å²) in [6.07, 6.45) is 0. The van der Waals surface area contributed by atoms with E-state index >= 15 is 0 Å². The second-order valence-corrected chi connectivity index (χ2v) is 8.62. The maximum Gasteiger partial charge on any atom is 0.270 e. The molecular weight excluding hydrogens is 496 g/mol. The predicted octanol–water partition coefficient (Wildman–Crippen LogP) is 5.57. The van der Waals surface area contributed by atoms with Crippen molar-refractivity contribution in [3.05, 3.63) is 104 Å². The third kappa shape index (κ3) is 4.90. The van der Waals surface area contributed by atoms with Gasteiger partial charge in [0.25, 0.3) is 17.2 Å². The monoisotopic (exact) mass is 520 g/mol. The fourth-order valence-corrected chi connectivity index (χ4v) is 4.52. The molecule has 0 saturated carbocycles. The SMILES string of the molecule is CCOc1ccccc1-n1c(C(C)N(CC)C(=O)c2ccc([N+](=O)[O-])cc2Cl)nc2ccccc2c1=O. The third-order valence-corrected chi connectivity index (χ3v) is 6.36. The second kappa shape index (κ2) is 10.8. The van der Waals surface area contributed by atoms with Gasteiger partial charge in [-0.25, -0.2) is 4.98 Å². The fourth-order valence-electron chi connectivity index (χ4n) is 4.26. The first-order valence-corrected chi connectivity index (χ1v) is 12.1. The molecule has 37 heavy (non-hydrogen) atoms.